The lowest BCUT2D eigenvalue weighted by molar-refractivity contribution is -0.446. The van der Waals surface area contributed by atoms with E-state index in [0.717, 1.165) is 0 Å². The van der Waals surface area contributed by atoms with Gasteiger partial charge in [-0.2, -0.15) is 57.8 Å². The van der Waals surface area contributed by atoms with E-state index < -0.39 is 59.9 Å². The van der Waals surface area contributed by atoms with E-state index in [1.54, 1.807) is 0 Å². The number of nitrogens with zero attached hydrogens (tertiary/aromatic N) is 2. The number of rotatable bonds is 2. The van der Waals surface area contributed by atoms with Gasteiger partial charge in [-0.25, -0.2) is 5.01 Å². The lowest BCUT2D eigenvalue weighted by Gasteiger charge is -2.49. The molecule has 0 spiro atoms. The first-order chi connectivity index (χ1) is 11.2. The van der Waals surface area contributed by atoms with Crippen LogP contribution in [0.15, 0.2) is 5.10 Å². The summed E-state index contributed by atoms with van der Waals surface area (Å²) < 4.78 is 154. The van der Waals surface area contributed by atoms with Crippen LogP contribution in [0.5, 0.6) is 0 Å². The Bertz CT molecular complexity index is 518. The highest BCUT2D eigenvalue weighted by molar-refractivity contribution is 5.58. The standard InChI is InChI=1S/C10H8F12N2O2/c11-7(12,13)5(25,8(14,15)16)4-2-1-3-23-24(4)6(26,9(17,18)19)10(20,21)22/h3-4,25-26H,1-2H2/t4-/m1/s1. The molecule has 1 atom stereocenters. The van der Waals surface area contributed by atoms with Gasteiger partial charge in [0.05, 0.1) is 6.04 Å². The third kappa shape index (κ3) is 3.16. The molecule has 0 aromatic heterocycles. The summed E-state index contributed by atoms with van der Waals surface area (Å²) in [6.07, 6.45) is -29.5. The van der Waals surface area contributed by atoms with Crippen molar-refractivity contribution in [1.29, 1.82) is 0 Å². The lowest BCUT2D eigenvalue weighted by atomic mass is 9.86. The van der Waals surface area contributed by atoms with E-state index in [1.807, 2.05) is 0 Å². The highest BCUT2D eigenvalue weighted by Gasteiger charge is 2.81. The predicted octanol–water partition coefficient (Wildman–Crippen LogP) is 3.11. The van der Waals surface area contributed by atoms with Gasteiger partial charge in [-0.1, -0.05) is 0 Å². The Morgan fingerprint density at radius 1 is 0.731 bits per heavy atom. The normalized spacial score (nSPS) is 21.3. The minimum absolute atomic E-state index is 0.145. The smallest absolute Gasteiger partial charge is 0.372 e. The van der Waals surface area contributed by atoms with Crippen LogP contribution in [0, 0.1) is 0 Å². The van der Waals surface area contributed by atoms with Gasteiger partial charge in [-0.3, -0.25) is 0 Å². The quantitative estimate of drug-likeness (QED) is 0.681. The molecule has 0 bridgehead atoms. The zero-order chi connectivity index (χ0) is 21.0. The van der Waals surface area contributed by atoms with Crippen molar-refractivity contribution < 1.29 is 62.9 Å². The first-order valence-corrected chi connectivity index (χ1v) is 6.26. The third-order valence-electron chi connectivity index (χ3n) is 3.54. The first-order valence-electron chi connectivity index (χ1n) is 6.26. The van der Waals surface area contributed by atoms with Gasteiger partial charge in [0.15, 0.2) is 0 Å². The summed E-state index contributed by atoms with van der Waals surface area (Å²) in [5, 5.41) is 18.7. The molecule has 0 radical (unpaired) electrons. The molecule has 0 unspecified atom stereocenters. The van der Waals surface area contributed by atoms with Gasteiger partial charge >= 0.3 is 30.4 Å². The van der Waals surface area contributed by atoms with Crippen LogP contribution in [0.3, 0.4) is 0 Å². The molecule has 2 N–H and O–H groups in total. The highest BCUT2D eigenvalue weighted by atomic mass is 19.4. The maximum atomic E-state index is 12.8. The van der Waals surface area contributed by atoms with Gasteiger partial charge in [-0.05, 0) is 12.8 Å². The molecule has 0 saturated heterocycles. The molecule has 1 aliphatic rings. The topological polar surface area (TPSA) is 56.1 Å². The maximum Gasteiger partial charge on any atom is 0.447 e. The van der Waals surface area contributed by atoms with E-state index in [1.165, 1.54) is 0 Å². The van der Waals surface area contributed by atoms with E-state index in [0.29, 0.717) is 0 Å². The first kappa shape index (κ1) is 22.6. The van der Waals surface area contributed by atoms with E-state index in [4.69, 9.17) is 10.2 Å². The molecule has 0 aromatic carbocycles. The van der Waals surface area contributed by atoms with E-state index >= 15 is 0 Å². The van der Waals surface area contributed by atoms with Crippen molar-refractivity contribution in [2.24, 2.45) is 5.10 Å². The van der Waals surface area contributed by atoms with Gasteiger partial charge in [0.25, 0.3) is 5.60 Å². The maximum absolute atomic E-state index is 12.8. The predicted molar refractivity (Wildman–Crippen MR) is 57.5 cm³/mol. The fraction of sp³-hybridized carbons (Fsp3) is 0.900. The Kier molecular flexibility index (Phi) is 5.24. The van der Waals surface area contributed by atoms with E-state index in [2.05, 4.69) is 5.10 Å². The van der Waals surface area contributed by atoms with E-state index in [-0.39, 0.29) is 6.21 Å². The number of halogens is 12. The van der Waals surface area contributed by atoms with Crippen molar-refractivity contribution in [3.63, 3.8) is 0 Å². The third-order valence-corrected chi connectivity index (χ3v) is 3.54. The molecule has 1 rings (SSSR count). The molecule has 4 nitrogen and oxygen atoms in total. The second-order valence-corrected chi connectivity index (χ2v) is 5.17. The fourth-order valence-electron chi connectivity index (χ4n) is 2.23. The van der Waals surface area contributed by atoms with Crippen molar-refractivity contribution in [3.8, 4) is 0 Å². The molecule has 0 saturated carbocycles. The number of aliphatic hydroxyl groups is 2. The summed E-state index contributed by atoms with van der Waals surface area (Å²) in [6, 6.07) is -3.97. The summed E-state index contributed by atoms with van der Waals surface area (Å²) in [7, 11) is 0. The molecule has 0 amide bonds. The number of hydrazone groups is 1. The van der Waals surface area contributed by atoms with Crippen molar-refractivity contribution in [2.75, 3.05) is 0 Å². The summed E-state index contributed by atoms with van der Waals surface area (Å²) in [6.45, 7) is 0. The molecule has 0 aliphatic carbocycles. The minimum Gasteiger partial charge on any atom is -0.372 e. The Balaban J connectivity index is 3.74. The fourth-order valence-corrected chi connectivity index (χ4v) is 2.23. The summed E-state index contributed by atoms with van der Waals surface area (Å²) in [4.78, 5) is 0. The number of alkyl halides is 12. The monoisotopic (exact) mass is 416 g/mol. The molecular formula is C10H8F12N2O2. The Labute approximate surface area is 135 Å². The molecular weight excluding hydrogens is 408 g/mol. The van der Waals surface area contributed by atoms with Gasteiger partial charge < -0.3 is 10.2 Å². The van der Waals surface area contributed by atoms with Crippen LogP contribution in [-0.2, 0) is 0 Å². The van der Waals surface area contributed by atoms with Crippen LogP contribution >= 0.6 is 0 Å². The van der Waals surface area contributed by atoms with Gasteiger partial charge in [0.1, 0.15) is 0 Å². The van der Waals surface area contributed by atoms with Gasteiger partial charge in [0.2, 0.25) is 0 Å². The van der Waals surface area contributed by atoms with Gasteiger partial charge in [0, 0.05) is 6.21 Å². The molecule has 26 heavy (non-hydrogen) atoms. The summed E-state index contributed by atoms with van der Waals surface area (Å²) in [5.41, 5.74) is -12.3. The zero-order valence-electron chi connectivity index (χ0n) is 11.9. The van der Waals surface area contributed by atoms with Crippen LogP contribution in [0.2, 0.25) is 0 Å². The molecule has 0 fully saturated rings. The Morgan fingerprint density at radius 3 is 1.42 bits per heavy atom. The second-order valence-electron chi connectivity index (χ2n) is 5.17. The summed E-state index contributed by atoms with van der Waals surface area (Å²) >= 11 is 0. The minimum atomic E-state index is -6.81. The average Bonchev–Trinajstić information content (AvgIpc) is 2.40. The molecule has 1 aliphatic heterocycles. The van der Waals surface area contributed by atoms with Crippen LogP contribution in [0.1, 0.15) is 12.8 Å². The average molecular weight is 416 g/mol. The highest BCUT2D eigenvalue weighted by Crippen LogP contribution is 2.53. The van der Waals surface area contributed by atoms with Gasteiger partial charge in [-0.15, -0.1) is 0 Å². The molecule has 1 heterocycles. The Hall–Kier alpha value is -1.45. The Morgan fingerprint density at radius 2 is 1.12 bits per heavy atom. The van der Waals surface area contributed by atoms with Crippen LogP contribution in [-0.4, -0.2) is 63.5 Å². The van der Waals surface area contributed by atoms with Crippen molar-refractivity contribution in [3.05, 3.63) is 0 Å². The van der Waals surface area contributed by atoms with Crippen molar-refractivity contribution in [2.45, 2.75) is 54.9 Å². The zero-order valence-corrected chi connectivity index (χ0v) is 11.9. The summed E-state index contributed by atoms with van der Waals surface area (Å²) in [5.74, 6) is 0. The van der Waals surface area contributed by atoms with Crippen molar-refractivity contribution in [1.82, 2.24) is 5.01 Å². The molecule has 154 valence electrons. The van der Waals surface area contributed by atoms with Crippen LogP contribution < -0.4 is 0 Å². The molecule has 0 aromatic rings. The van der Waals surface area contributed by atoms with Crippen LogP contribution in [0.4, 0.5) is 52.7 Å². The molecule has 16 heteroatoms. The van der Waals surface area contributed by atoms with Crippen molar-refractivity contribution >= 4 is 6.21 Å². The second kappa shape index (κ2) is 6.03. The van der Waals surface area contributed by atoms with E-state index in [9.17, 15) is 52.7 Å². The number of hydrogen-bond donors (Lipinski definition) is 2. The largest absolute Gasteiger partial charge is 0.447 e. The van der Waals surface area contributed by atoms with Crippen LogP contribution in [0.25, 0.3) is 0 Å². The SMILES string of the molecule is OC([C@H]1CCC=NN1C(O)(C(F)(F)F)C(F)(F)F)(C(F)(F)F)C(F)(F)F. The number of hydrogen-bond acceptors (Lipinski definition) is 4. The lowest BCUT2D eigenvalue weighted by Crippen LogP contribution is -2.76.